The average molecular weight is 258 g/mol. The monoisotopic (exact) mass is 258 g/mol. The highest BCUT2D eigenvalue weighted by Gasteiger charge is 2.05. The molecule has 0 aliphatic carbocycles. The first-order valence-electron chi connectivity index (χ1n) is 6.28. The minimum atomic E-state index is 0.244. The van der Waals surface area contributed by atoms with Crippen molar-refractivity contribution < 1.29 is 14.6 Å². The van der Waals surface area contributed by atoms with Crippen molar-refractivity contribution >= 4 is 0 Å². The van der Waals surface area contributed by atoms with Gasteiger partial charge >= 0.3 is 0 Å². The van der Waals surface area contributed by atoms with E-state index in [1.807, 2.05) is 42.5 Å². The Bertz CT molecular complexity index is 523. The van der Waals surface area contributed by atoms with Crippen molar-refractivity contribution in [3.8, 4) is 11.5 Å². The molecular weight excluding hydrogens is 240 g/mol. The molecule has 1 N–H and O–H groups in total. The van der Waals surface area contributed by atoms with Crippen LogP contribution in [0.25, 0.3) is 0 Å². The predicted molar refractivity (Wildman–Crippen MR) is 74.5 cm³/mol. The van der Waals surface area contributed by atoms with E-state index < -0.39 is 0 Å². The third kappa shape index (κ3) is 3.73. The van der Waals surface area contributed by atoms with Crippen molar-refractivity contribution in [3.05, 3.63) is 59.7 Å². The molecule has 0 saturated carbocycles. The van der Waals surface area contributed by atoms with Gasteiger partial charge < -0.3 is 14.6 Å². The van der Waals surface area contributed by atoms with Crippen molar-refractivity contribution in [2.24, 2.45) is 0 Å². The van der Waals surface area contributed by atoms with E-state index in [4.69, 9.17) is 9.47 Å². The van der Waals surface area contributed by atoms with E-state index >= 15 is 0 Å². The minimum absolute atomic E-state index is 0.244. The van der Waals surface area contributed by atoms with Gasteiger partial charge in [-0.15, -0.1) is 0 Å². The molecule has 2 rings (SSSR count). The van der Waals surface area contributed by atoms with Crippen LogP contribution in [0.5, 0.6) is 11.5 Å². The molecule has 0 heterocycles. The molecule has 0 fully saturated rings. The fourth-order valence-corrected chi connectivity index (χ4v) is 1.97. The Morgan fingerprint density at radius 2 is 1.53 bits per heavy atom. The molecule has 3 nitrogen and oxygen atoms in total. The van der Waals surface area contributed by atoms with Gasteiger partial charge in [-0.1, -0.05) is 36.4 Å². The Morgan fingerprint density at radius 1 is 0.895 bits per heavy atom. The maximum Gasteiger partial charge on any atom is 0.188 e. The number of hydrogen-bond donors (Lipinski definition) is 1. The van der Waals surface area contributed by atoms with Crippen molar-refractivity contribution in [1.29, 1.82) is 0 Å². The molecular formula is C16H18O3. The zero-order chi connectivity index (χ0) is 13.5. The molecule has 0 spiro atoms. The first-order valence-corrected chi connectivity index (χ1v) is 6.28. The molecule has 2 aromatic carbocycles. The number of methoxy groups -OCH3 is 1. The predicted octanol–water partition coefficient (Wildman–Crippen LogP) is 3.16. The molecule has 0 atom stereocenters. The van der Waals surface area contributed by atoms with E-state index in [-0.39, 0.29) is 6.79 Å². The molecule has 0 unspecified atom stereocenters. The van der Waals surface area contributed by atoms with E-state index in [9.17, 15) is 5.11 Å². The van der Waals surface area contributed by atoms with Crippen LogP contribution in [-0.4, -0.2) is 19.0 Å². The summed E-state index contributed by atoms with van der Waals surface area (Å²) < 4.78 is 10.4. The topological polar surface area (TPSA) is 38.7 Å². The zero-order valence-electron chi connectivity index (χ0n) is 11.0. The van der Waals surface area contributed by atoms with Gasteiger partial charge in [0.15, 0.2) is 6.79 Å². The Morgan fingerprint density at radius 3 is 2.26 bits per heavy atom. The maximum absolute atomic E-state index is 9.75. The lowest BCUT2D eigenvalue weighted by Crippen LogP contribution is -2.02. The van der Waals surface area contributed by atoms with Crippen LogP contribution >= 0.6 is 0 Å². The molecule has 2 aromatic rings. The molecule has 0 saturated heterocycles. The Labute approximate surface area is 113 Å². The largest absolute Gasteiger partial charge is 0.508 e. The van der Waals surface area contributed by atoms with Crippen LogP contribution < -0.4 is 4.74 Å². The summed E-state index contributed by atoms with van der Waals surface area (Å²) in [5, 5.41) is 9.75. The summed E-state index contributed by atoms with van der Waals surface area (Å²) in [5.41, 5.74) is 2.06. The summed E-state index contributed by atoms with van der Waals surface area (Å²) in [4.78, 5) is 0. The highest BCUT2D eigenvalue weighted by molar-refractivity contribution is 5.36. The number of para-hydroxylation sites is 2. The number of aryl methyl sites for hydroxylation is 2. The van der Waals surface area contributed by atoms with Gasteiger partial charge in [-0.3, -0.25) is 0 Å². The van der Waals surface area contributed by atoms with Crippen LogP contribution in [0.4, 0.5) is 0 Å². The lowest BCUT2D eigenvalue weighted by molar-refractivity contribution is 0.0504. The maximum atomic E-state index is 9.75. The molecule has 100 valence electrons. The average Bonchev–Trinajstić information content (AvgIpc) is 2.45. The van der Waals surface area contributed by atoms with Crippen LogP contribution in [0.2, 0.25) is 0 Å². The lowest BCUT2D eigenvalue weighted by Gasteiger charge is -2.11. The number of aromatic hydroxyl groups is 1. The van der Waals surface area contributed by atoms with E-state index in [1.165, 1.54) is 0 Å². The third-order valence-electron chi connectivity index (χ3n) is 2.96. The second kappa shape index (κ2) is 6.81. The summed E-state index contributed by atoms with van der Waals surface area (Å²) in [7, 11) is 1.60. The van der Waals surface area contributed by atoms with Gasteiger partial charge in [0.05, 0.1) is 0 Å². The van der Waals surface area contributed by atoms with Crippen LogP contribution in [-0.2, 0) is 17.6 Å². The molecule has 0 bridgehead atoms. The SMILES string of the molecule is COCOc1ccccc1CCc1ccccc1O. The first kappa shape index (κ1) is 13.4. The normalized spacial score (nSPS) is 10.4. The highest BCUT2D eigenvalue weighted by Crippen LogP contribution is 2.22. The van der Waals surface area contributed by atoms with E-state index in [0.29, 0.717) is 5.75 Å². The summed E-state index contributed by atoms with van der Waals surface area (Å²) in [5.74, 6) is 1.18. The van der Waals surface area contributed by atoms with Crippen LogP contribution in [0.15, 0.2) is 48.5 Å². The second-order valence-corrected chi connectivity index (χ2v) is 4.29. The van der Waals surface area contributed by atoms with Gasteiger partial charge in [-0.05, 0) is 36.1 Å². The van der Waals surface area contributed by atoms with E-state index in [2.05, 4.69) is 0 Å². The summed E-state index contributed by atoms with van der Waals surface area (Å²) >= 11 is 0. The summed E-state index contributed by atoms with van der Waals surface area (Å²) in [6, 6.07) is 15.3. The van der Waals surface area contributed by atoms with Gasteiger partial charge in [-0.2, -0.15) is 0 Å². The molecule has 0 amide bonds. The van der Waals surface area contributed by atoms with E-state index in [0.717, 1.165) is 29.7 Å². The summed E-state index contributed by atoms with van der Waals surface area (Å²) in [6.07, 6.45) is 1.59. The van der Waals surface area contributed by atoms with Gasteiger partial charge in [-0.25, -0.2) is 0 Å². The van der Waals surface area contributed by atoms with Gasteiger partial charge in [0.25, 0.3) is 0 Å². The standard InChI is InChI=1S/C16H18O3/c1-18-12-19-16-9-5-3-7-14(16)11-10-13-6-2-4-8-15(13)17/h2-9,17H,10-12H2,1H3. The molecule has 0 aromatic heterocycles. The number of phenolic OH excluding ortho intramolecular Hbond substituents is 1. The Balaban J connectivity index is 2.05. The Hall–Kier alpha value is -2.00. The van der Waals surface area contributed by atoms with Crippen LogP contribution in [0.3, 0.4) is 0 Å². The molecule has 0 aliphatic heterocycles. The number of phenols is 1. The van der Waals surface area contributed by atoms with Gasteiger partial charge in [0, 0.05) is 7.11 Å². The second-order valence-electron chi connectivity index (χ2n) is 4.29. The smallest absolute Gasteiger partial charge is 0.188 e. The van der Waals surface area contributed by atoms with Crippen molar-refractivity contribution in [3.63, 3.8) is 0 Å². The van der Waals surface area contributed by atoms with Crippen molar-refractivity contribution in [2.45, 2.75) is 12.8 Å². The zero-order valence-corrected chi connectivity index (χ0v) is 11.0. The number of rotatable bonds is 6. The van der Waals surface area contributed by atoms with E-state index in [1.54, 1.807) is 13.2 Å². The number of ether oxygens (including phenoxy) is 2. The first-order chi connectivity index (χ1) is 9.31. The minimum Gasteiger partial charge on any atom is -0.508 e. The number of benzene rings is 2. The fourth-order valence-electron chi connectivity index (χ4n) is 1.97. The van der Waals surface area contributed by atoms with Gasteiger partial charge in [0.1, 0.15) is 11.5 Å². The van der Waals surface area contributed by atoms with Crippen molar-refractivity contribution in [1.82, 2.24) is 0 Å². The summed E-state index contributed by atoms with van der Waals surface area (Å²) in [6.45, 7) is 0.244. The van der Waals surface area contributed by atoms with Crippen LogP contribution in [0, 0.1) is 0 Å². The highest BCUT2D eigenvalue weighted by atomic mass is 16.7. The lowest BCUT2D eigenvalue weighted by atomic mass is 10.0. The van der Waals surface area contributed by atoms with Gasteiger partial charge in [0.2, 0.25) is 0 Å². The quantitative estimate of drug-likeness (QED) is 0.809. The van der Waals surface area contributed by atoms with Crippen LogP contribution in [0.1, 0.15) is 11.1 Å². The van der Waals surface area contributed by atoms with Crippen molar-refractivity contribution in [2.75, 3.05) is 13.9 Å². The fraction of sp³-hybridized carbons (Fsp3) is 0.250. The molecule has 3 heteroatoms. The molecule has 0 radical (unpaired) electrons. The molecule has 0 aliphatic rings. The Kier molecular flexibility index (Phi) is 4.81. The third-order valence-corrected chi connectivity index (χ3v) is 2.96. The molecule has 19 heavy (non-hydrogen) atoms. The number of hydrogen-bond acceptors (Lipinski definition) is 3.